The van der Waals surface area contributed by atoms with Crippen LogP contribution in [0.5, 0.6) is 0 Å². The lowest BCUT2D eigenvalue weighted by atomic mass is 10.1. The number of nitrogens with zero attached hydrogens (tertiary/aromatic N) is 2. The molecule has 0 aliphatic rings. The molecule has 0 aromatic carbocycles. The smallest absolute Gasteiger partial charge is 0.0584 e. The summed E-state index contributed by atoms with van der Waals surface area (Å²) in [6.45, 7) is 13.0. The second-order valence-electron chi connectivity index (χ2n) is 6.45. The Morgan fingerprint density at radius 1 is 1.10 bits per heavy atom. The van der Waals surface area contributed by atoms with Gasteiger partial charge in [0.2, 0.25) is 0 Å². The minimum Gasteiger partial charge on any atom is -0.325 e. The third-order valence-electron chi connectivity index (χ3n) is 3.62. The highest BCUT2D eigenvalue weighted by molar-refractivity contribution is 5.19. The largest absolute Gasteiger partial charge is 0.325 e. The summed E-state index contributed by atoms with van der Waals surface area (Å²) in [4.78, 5) is 6.94. The van der Waals surface area contributed by atoms with Crippen LogP contribution in [-0.4, -0.2) is 23.0 Å². The fourth-order valence-corrected chi connectivity index (χ4v) is 2.19. The molecule has 1 heterocycles. The molecule has 0 amide bonds. The van der Waals surface area contributed by atoms with E-state index in [1.165, 1.54) is 18.4 Å². The Morgan fingerprint density at radius 3 is 2.20 bits per heavy atom. The molecular weight excluding hydrogens is 246 g/mol. The highest BCUT2D eigenvalue weighted by Gasteiger charge is 2.10. The summed E-state index contributed by atoms with van der Waals surface area (Å²) < 4.78 is 0. The average Bonchev–Trinajstić information content (AvgIpc) is 2.42. The van der Waals surface area contributed by atoms with Crippen molar-refractivity contribution in [2.45, 2.75) is 53.6 Å². The normalized spacial score (nSPS) is 11.8. The number of rotatable bonds is 9. The van der Waals surface area contributed by atoms with Gasteiger partial charge in [0.05, 0.1) is 5.69 Å². The topological polar surface area (TPSA) is 42.2 Å². The van der Waals surface area contributed by atoms with Crippen LogP contribution in [0.3, 0.4) is 0 Å². The van der Waals surface area contributed by atoms with E-state index in [0.29, 0.717) is 6.54 Å². The monoisotopic (exact) mass is 277 g/mol. The van der Waals surface area contributed by atoms with Crippen molar-refractivity contribution in [3.05, 3.63) is 29.6 Å². The molecule has 0 radical (unpaired) electrons. The predicted octanol–water partition coefficient (Wildman–Crippen LogP) is 3.43. The van der Waals surface area contributed by atoms with Gasteiger partial charge in [-0.25, -0.2) is 0 Å². The summed E-state index contributed by atoms with van der Waals surface area (Å²) >= 11 is 0. The van der Waals surface area contributed by atoms with Crippen molar-refractivity contribution in [1.29, 1.82) is 0 Å². The van der Waals surface area contributed by atoms with Crippen LogP contribution < -0.4 is 5.73 Å². The van der Waals surface area contributed by atoms with Crippen molar-refractivity contribution in [1.82, 2.24) is 9.88 Å². The van der Waals surface area contributed by atoms with Gasteiger partial charge >= 0.3 is 0 Å². The maximum atomic E-state index is 5.79. The van der Waals surface area contributed by atoms with Crippen LogP contribution in [0.25, 0.3) is 0 Å². The summed E-state index contributed by atoms with van der Waals surface area (Å²) in [5.74, 6) is 1.50. The van der Waals surface area contributed by atoms with Gasteiger partial charge in [-0.15, -0.1) is 0 Å². The first-order chi connectivity index (χ1) is 9.52. The van der Waals surface area contributed by atoms with Crippen LogP contribution in [0.1, 0.15) is 51.8 Å². The molecule has 3 nitrogen and oxygen atoms in total. The van der Waals surface area contributed by atoms with E-state index in [0.717, 1.165) is 37.2 Å². The van der Waals surface area contributed by atoms with Gasteiger partial charge < -0.3 is 5.73 Å². The molecule has 0 spiro atoms. The molecular formula is C17H31N3. The van der Waals surface area contributed by atoms with Crippen molar-refractivity contribution in [2.24, 2.45) is 17.6 Å². The zero-order valence-corrected chi connectivity index (χ0v) is 13.6. The van der Waals surface area contributed by atoms with Gasteiger partial charge in [0, 0.05) is 19.3 Å². The van der Waals surface area contributed by atoms with Crippen LogP contribution in [0.4, 0.5) is 0 Å². The Hall–Kier alpha value is -0.930. The molecule has 0 atom stereocenters. The Labute approximate surface area is 124 Å². The van der Waals surface area contributed by atoms with Gasteiger partial charge in [0.1, 0.15) is 0 Å². The highest BCUT2D eigenvalue weighted by atomic mass is 15.1. The number of aromatic nitrogens is 1. The van der Waals surface area contributed by atoms with Crippen molar-refractivity contribution in [3.63, 3.8) is 0 Å². The van der Waals surface area contributed by atoms with Crippen molar-refractivity contribution >= 4 is 0 Å². The zero-order valence-electron chi connectivity index (χ0n) is 13.6. The zero-order chi connectivity index (χ0) is 15.0. The predicted molar refractivity (Wildman–Crippen MR) is 86.3 cm³/mol. The molecule has 0 saturated carbocycles. The number of hydrogen-bond donors (Lipinski definition) is 1. The third kappa shape index (κ3) is 6.49. The van der Waals surface area contributed by atoms with Gasteiger partial charge in [-0.05, 0) is 49.4 Å². The maximum Gasteiger partial charge on any atom is 0.0584 e. The fourth-order valence-electron chi connectivity index (χ4n) is 2.19. The SMILES string of the molecule is CC(C)CCN(CCC(C)C)Cc1cccnc1CN. The Balaban J connectivity index is 2.66. The van der Waals surface area contributed by atoms with E-state index >= 15 is 0 Å². The number of nitrogens with two attached hydrogens (primary N) is 1. The molecule has 20 heavy (non-hydrogen) atoms. The van der Waals surface area contributed by atoms with Gasteiger partial charge in [-0.1, -0.05) is 33.8 Å². The van der Waals surface area contributed by atoms with Crippen molar-refractivity contribution < 1.29 is 0 Å². The lowest BCUT2D eigenvalue weighted by molar-refractivity contribution is 0.235. The summed E-state index contributed by atoms with van der Waals surface area (Å²) in [5.41, 5.74) is 8.10. The number of pyridine rings is 1. The van der Waals surface area contributed by atoms with Crippen LogP contribution >= 0.6 is 0 Å². The summed E-state index contributed by atoms with van der Waals surface area (Å²) in [7, 11) is 0. The van der Waals surface area contributed by atoms with Crippen LogP contribution in [0, 0.1) is 11.8 Å². The summed E-state index contributed by atoms with van der Waals surface area (Å²) in [6, 6.07) is 4.17. The second kappa shape index (κ2) is 9.09. The average molecular weight is 277 g/mol. The molecule has 1 rings (SSSR count). The molecule has 0 fully saturated rings. The molecule has 1 aromatic heterocycles. The molecule has 0 aliphatic carbocycles. The summed E-state index contributed by atoms with van der Waals surface area (Å²) in [6.07, 6.45) is 4.32. The standard InChI is InChI=1S/C17H31N3/c1-14(2)7-10-20(11-8-15(3)4)13-16-6-5-9-19-17(16)12-18/h5-6,9,14-15H,7-8,10-13,18H2,1-4H3. The number of hydrogen-bond acceptors (Lipinski definition) is 3. The molecule has 2 N–H and O–H groups in total. The van der Waals surface area contributed by atoms with Crippen LogP contribution in [-0.2, 0) is 13.1 Å². The fraction of sp³-hybridized carbons (Fsp3) is 0.706. The minimum absolute atomic E-state index is 0.526. The molecule has 0 bridgehead atoms. The van der Waals surface area contributed by atoms with E-state index < -0.39 is 0 Å². The first kappa shape index (κ1) is 17.1. The van der Waals surface area contributed by atoms with Crippen LogP contribution in [0.2, 0.25) is 0 Å². The quantitative estimate of drug-likeness (QED) is 0.752. The van der Waals surface area contributed by atoms with E-state index in [2.05, 4.69) is 43.6 Å². The first-order valence-corrected chi connectivity index (χ1v) is 7.88. The Kier molecular flexibility index (Phi) is 7.78. The summed E-state index contributed by atoms with van der Waals surface area (Å²) in [5, 5.41) is 0. The van der Waals surface area contributed by atoms with Crippen molar-refractivity contribution in [2.75, 3.05) is 13.1 Å². The van der Waals surface area contributed by atoms with Crippen LogP contribution in [0.15, 0.2) is 18.3 Å². The highest BCUT2D eigenvalue weighted by Crippen LogP contribution is 2.13. The molecule has 1 aromatic rings. The van der Waals surface area contributed by atoms with E-state index in [1.807, 2.05) is 12.3 Å². The lowest BCUT2D eigenvalue weighted by Gasteiger charge is -2.25. The van der Waals surface area contributed by atoms with Gasteiger partial charge in [-0.3, -0.25) is 9.88 Å². The lowest BCUT2D eigenvalue weighted by Crippen LogP contribution is -2.28. The van der Waals surface area contributed by atoms with Crippen molar-refractivity contribution in [3.8, 4) is 0 Å². The minimum atomic E-state index is 0.526. The third-order valence-corrected chi connectivity index (χ3v) is 3.62. The molecule has 0 saturated heterocycles. The molecule has 0 aliphatic heterocycles. The van der Waals surface area contributed by atoms with E-state index in [4.69, 9.17) is 5.73 Å². The van der Waals surface area contributed by atoms with E-state index in [1.54, 1.807) is 0 Å². The Morgan fingerprint density at radius 2 is 1.70 bits per heavy atom. The molecule has 3 heteroatoms. The van der Waals surface area contributed by atoms with E-state index in [-0.39, 0.29) is 0 Å². The van der Waals surface area contributed by atoms with Gasteiger partial charge in [-0.2, -0.15) is 0 Å². The van der Waals surface area contributed by atoms with Gasteiger partial charge in [0.25, 0.3) is 0 Å². The Bertz CT molecular complexity index is 362. The maximum absolute atomic E-state index is 5.79. The first-order valence-electron chi connectivity index (χ1n) is 7.88. The molecule has 0 unspecified atom stereocenters. The second-order valence-corrected chi connectivity index (χ2v) is 6.45. The van der Waals surface area contributed by atoms with E-state index in [9.17, 15) is 0 Å². The molecule has 114 valence electrons. The van der Waals surface area contributed by atoms with Gasteiger partial charge in [0.15, 0.2) is 0 Å².